The largest absolute Gasteiger partial charge is 0.487 e. The Morgan fingerprint density at radius 2 is 2.04 bits per heavy atom. The van der Waals surface area contributed by atoms with Gasteiger partial charge in [-0.05, 0) is 46.7 Å². The highest BCUT2D eigenvalue weighted by molar-refractivity contribution is 7.08. The molecule has 0 saturated heterocycles. The lowest BCUT2D eigenvalue weighted by molar-refractivity contribution is 0.0593. The number of carbonyl (C=O) groups excluding carboxylic acids is 2. The van der Waals surface area contributed by atoms with Crippen LogP contribution >= 0.6 is 11.3 Å². The standard InChI is InChI=1S/C19H15NO4S/c1-23-19(22)16-7-6-15(14-8-9-25-12-14)17(20-16)11-24-18-5-3-2-4-13(18)10-21/h2-10,12H,11H2,1H3. The molecule has 0 fully saturated rings. The van der Waals surface area contributed by atoms with Crippen LogP contribution in [0.2, 0.25) is 0 Å². The molecule has 0 aliphatic rings. The van der Waals surface area contributed by atoms with Crippen molar-refractivity contribution in [2.24, 2.45) is 0 Å². The number of para-hydroxylation sites is 1. The summed E-state index contributed by atoms with van der Waals surface area (Å²) in [7, 11) is 1.31. The van der Waals surface area contributed by atoms with Crippen LogP contribution < -0.4 is 4.74 Å². The van der Waals surface area contributed by atoms with Crippen molar-refractivity contribution in [3.8, 4) is 16.9 Å². The number of ether oxygens (including phenoxy) is 2. The highest BCUT2D eigenvalue weighted by atomic mass is 32.1. The summed E-state index contributed by atoms with van der Waals surface area (Å²) >= 11 is 1.57. The van der Waals surface area contributed by atoms with Gasteiger partial charge in [0.15, 0.2) is 6.29 Å². The minimum absolute atomic E-state index is 0.126. The average molecular weight is 353 g/mol. The molecule has 0 radical (unpaired) electrons. The molecule has 5 nitrogen and oxygen atoms in total. The van der Waals surface area contributed by atoms with Crippen LogP contribution in [0, 0.1) is 0 Å². The molecule has 2 aromatic heterocycles. The third kappa shape index (κ3) is 3.75. The second kappa shape index (κ2) is 7.72. The molecule has 25 heavy (non-hydrogen) atoms. The van der Waals surface area contributed by atoms with E-state index in [-0.39, 0.29) is 12.3 Å². The van der Waals surface area contributed by atoms with Crippen molar-refractivity contribution in [2.75, 3.05) is 7.11 Å². The van der Waals surface area contributed by atoms with Gasteiger partial charge in [0.2, 0.25) is 0 Å². The Labute approximate surface area is 148 Å². The topological polar surface area (TPSA) is 65.5 Å². The zero-order valence-electron chi connectivity index (χ0n) is 13.5. The van der Waals surface area contributed by atoms with E-state index in [0.29, 0.717) is 17.0 Å². The molecular formula is C19H15NO4S. The van der Waals surface area contributed by atoms with Gasteiger partial charge in [0.1, 0.15) is 18.1 Å². The lowest BCUT2D eigenvalue weighted by Crippen LogP contribution is -2.09. The van der Waals surface area contributed by atoms with Crippen molar-refractivity contribution in [1.29, 1.82) is 0 Å². The second-order valence-electron chi connectivity index (χ2n) is 5.14. The summed E-state index contributed by atoms with van der Waals surface area (Å²) < 4.78 is 10.5. The molecule has 0 saturated carbocycles. The lowest BCUT2D eigenvalue weighted by atomic mass is 10.1. The number of thiophene rings is 1. The van der Waals surface area contributed by atoms with Gasteiger partial charge in [0.05, 0.1) is 18.4 Å². The molecule has 3 rings (SSSR count). The number of aromatic nitrogens is 1. The molecule has 3 aromatic rings. The van der Waals surface area contributed by atoms with Gasteiger partial charge in [0.25, 0.3) is 0 Å². The Kier molecular flexibility index (Phi) is 5.20. The second-order valence-corrected chi connectivity index (χ2v) is 5.92. The molecule has 0 unspecified atom stereocenters. The fourth-order valence-electron chi connectivity index (χ4n) is 2.37. The summed E-state index contributed by atoms with van der Waals surface area (Å²) in [6.45, 7) is 0.126. The van der Waals surface area contributed by atoms with Gasteiger partial charge in [-0.1, -0.05) is 12.1 Å². The number of benzene rings is 1. The van der Waals surface area contributed by atoms with Crippen molar-refractivity contribution in [3.63, 3.8) is 0 Å². The summed E-state index contributed by atoms with van der Waals surface area (Å²) in [5.74, 6) is -0.0366. The zero-order chi connectivity index (χ0) is 17.6. The van der Waals surface area contributed by atoms with Crippen LogP contribution in [0.25, 0.3) is 11.1 Å². The van der Waals surface area contributed by atoms with Crippen LogP contribution in [-0.2, 0) is 11.3 Å². The van der Waals surface area contributed by atoms with Crippen molar-refractivity contribution < 1.29 is 19.1 Å². The highest BCUT2D eigenvalue weighted by Crippen LogP contribution is 2.27. The monoisotopic (exact) mass is 353 g/mol. The van der Waals surface area contributed by atoms with Gasteiger partial charge in [0, 0.05) is 5.56 Å². The van der Waals surface area contributed by atoms with E-state index in [1.165, 1.54) is 7.11 Å². The van der Waals surface area contributed by atoms with Gasteiger partial charge in [-0.15, -0.1) is 0 Å². The number of hydrogen-bond acceptors (Lipinski definition) is 6. The van der Waals surface area contributed by atoms with E-state index < -0.39 is 5.97 Å². The molecule has 0 N–H and O–H groups in total. The van der Waals surface area contributed by atoms with Crippen molar-refractivity contribution in [1.82, 2.24) is 4.98 Å². The minimum Gasteiger partial charge on any atom is -0.487 e. The van der Waals surface area contributed by atoms with E-state index >= 15 is 0 Å². The molecule has 2 heterocycles. The Bertz CT molecular complexity index is 890. The van der Waals surface area contributed by atoms with Gasteiger partial charge < -0.3 is 9.47 Å². The lowest BCUT2D eigenvalue weighted by Gasteiger charge is -2.12. The van der Waals surface area contributed by atoms with Gasteiger partial charge in [-0.25, -0.2) is 9.78 Å². The third-order valence-electron chi connectivity index (χ3n) is 3.61. The smallest absolute Gasteiger partial charge is 0.356 e. The Morgan fingerprint density at radius 3 is 2.76 bits per heavy atom. The minimum atomic E-state index is -0.508. The number of rotatable bonds is 6. The first-order chi connectivity index (χ1) is 12.2. The number of hydrogen-bond donors (Lipinski definition) is 0. The summed E-state index contributed by atoms with van der Waals surface area (Å²) in [6.07, 6.45) is 0.743. The fourth-order valence-corrected chi connectivity index (χ4v) is 3.02. The maximum absolute atomic E-state index is 11.8. The normalized spacial score (nSPS) is 10.3. The Hall–Kier alpha value is -2.99. The maximum Gasteiger partial charge on any atom is 0.356 e. The van der Waals surface area contributed by atoms with Crippen LogP contribution in [0.5, 0.6) is 5.75 Å². The SMILES string of the molecule is COC(=O)c1ccc(-c2ccsc2)c(COc2ccccc2C=O)n1. The zero-order valence-corrected chi connectivity index (χ0v) is 14.3. The molecular weight excluding hydrogens is 338 g/mol. The predicted octanol–water partition coefficient (Wildman–Crippen LogP) is 3.99. The molecule has 0 amide bonds. The summed E-state index contributed by atoms with van der Waals surface area (Å²) in [4.78, 5) is 27.3. The summed E-state index contributed by atoms with van der Waals surface area (Å²) in [6, 6.07) is 12.4. The first-order valence-corrected chi connectivity index (χ1v) is 8.45. The first kappa shape index (κ1) is 16.9. The van der Waals surface area contributed by atoms with Crippen molar-refractivity contribution in [2.45, 2.75) is 6.61 Å². The van der Waals surface area contributed by atoms with Gasteiger partial charge in [-0.3, -0.25) is 4.79 Å². The summed E-state index contributed by atoms with van der Waals surface area (Å²) in [5, 5.41) is 3.97. The number of nitrogens with zero attached hydrogens (tertiary/aromatic N) is 1. The van der Waals surface area contributed by atoms with Gasteiger partial charge in [-0.2, -0.15) is 11.3 Å². The molecule has 0 aliphatic carbocycles. The van der Waals surface area contributed by atoms with E-state index in [9.17, 15) is 9.59 Å². The quantitative estimate of drug-likeness (QED) is 0.495. The molecule has 0 aliphatic heterocycles. The van der Waals surface area contributed by atoms with Crippen molar-refractivity contribution >= 4 is 23.6 Å². The van der Waals surface area contributed by atoms with Crippen LogP contribution in [0.15, 0.2) is 53.2 Å². The number of carbonyl (C=O) groups is 2. The Balaban J connectivity index is 1.94. The molecule has 0 spiro atoms. The Morgan fingerprint density at radius 1 is 1.20 bits per heavy atom. The number of methoxy groups -OCH3 is 1. The fraction of sp³-hybridized carbons (Fsp3) is 0.105. The summed E-state index contributed by atoms with van der Waals surface area (Å²) in [5.41, 5.74) is 3.14. The van der Waals surface area contributed by atoms with E-state index in [1.54, 1.807) is 41.7 Å². The van der Waals surface area contributed by atoms with Gasteiger partial charge >= 0.3 is 5.97 Å². The molecule has 126 valence electrons. The van der Waals surface area contributed by atoms with Crippen molar-refractivity contribution in [3.05, 3.63) is 70.2 Å². The van der Waals surface area contributed by atoms with Crippen LogP contribution in [-0.4, -0.2) is 24.3 Å². The highest BCUT2D eigenvalue weighted by Gasteiger charge is 2.14. The first-order valence-electron chi connectivity index (χ1n) is 7.50. The van der Waals surface area contributed by atoms with Crippen LogP contribution in [0.4, 0.5) is 0 Å². The van der Waals surface area contributed by atoms with Crippen LogP contribution in [0.3, 0.4) is 0 Å². The predicted molar refractivity (Wildman–Crippen MR) is 95.1 cm³/mol. The number of aldehydes is 1. The van der Waals surface area contributed by atoms with E-state index in [1.807, 2.05) is 22.9 Å². The maximum atomic E-state index is 11.8. The average Bonchev–Trinajstić information content (AvgIpc) is 3.20. The molecule has 6 heteroatoms. The van der Waals surface area contributed by atoms with Crippen LogP contribution in [0.1, 0.15) is 26.5 Å². The molecule has 0 atom stereocenters. The van der Waals surface area contributed by atoms with E-state index in [2.05, 4.69) is 4.98 Å². The third-order valence-corrected chi connectivity index (χ3v) is 4.29. The number of pyridine rings is 1. The molecule has 1 aromatic carbocycles. The van der Waals surface area contributed by atoms with E-state index in [4.69, 9.17) is 9.47 Å². The molecule has 0 bridgehead atoms. The number of esters is 1. The van der Waals surface area contributed by atoms with E-state index in [0.717, 1.165) is 17.4 Å².